The van der Waals surface area contributed by atoms with Crippen LogP contribution >= 0.6 is 0 Å². The van der Waals surface area contributed by atoms with Crippen molar-refractivity contribution in [3.05, 3.63) is 35.9 Å². The topological polar surface area (TPSA) is 61.4 Å². The van der Waals surface area contributed by atoms with Crippen LogP contribution in [0.25, 0.3) is 0 Å². The van der Waals surface area contributed by atoms with E-state index in [1.165, 1.54) is 0 Å². The second-order valence-corrected chi connectivity index (χ2v) is 5.94. The number of amides is 2. The summed E-state index contributed by atoms with van der Waals surface area (Å²) in [7, 11) is 0. The van der Waals surface area contributed by atoms with Gasteiger partial charge in [-0.3, -0.25) is 9.59 Å². The molecule has 0 aromatic heterocycles. The van der Waals surface area contributed by atoms with E-state index in [4.69, 9.17) is 0 Å². The zero-order chi connectivity index (χ0) is 15.3. The molecule has 0 saturated carbocycles. The smallest absolute Gasteiger partial charge is 0.251 e. The van der Waals surface area contributed by atoms with Gasteiger partial charge in [-0.05, 0) is 38.9 Å². The summed E-state index contributed by atoms with van der Waals surface area (Å²) in [6.45, 7) is 6.54. The van der Waals surface area contributed by atoms with Crippen molar-refractivity contribution < 1.29 is 9.59 Å². The fourth-order valence-corrected chi connectivity index (χ4v) is 2.56. The highest BCUT2D eigenvalue weighted by molar-refractivity contribution is 5.96. The number of benzene rings is 1. The fraction of sp³-hybridized carbons (Fsp3) is 0.500. The number of carbonyl (C=O) groups excluding carboxylic acids is 2. The van der Waals surface area contributed by atoms with Crippen LogP contribution in [0.4, 0.5) is 0 Å². The zero-order valence-corrected chi connectivity index (χ0v) is 12.7. The number of nitrogens with one attached hydrogen (secondary N) is 2. The molecule has 21 heavy (non-hydrogen) atoms. The van der Waals surface area contributed by atoms with Gasteiger partial charge in [0.25, 0.3) is 5.91 Å². The average Bonchev–Trinajstić information content (AvgIpc) is 2.66. The summed E-state index contributed by atoms with van der Waals surface area (Å²) < 4.78 is 0. The molecule has 0 bridgehead atoms. The van der Waals surface area contributed by atoms with E-state index in [0.717, 1.165) is 26.1 Å². The molecule has 2 rings (SSSR count). The van der Waals surface area contributed by atoms with Crippen LogP contribution in [-0.2, 0) is 4.79 Å². The maximum Gasteiger partial charge on any atom is 0.251 e. The van der Waals surface area contributed by atoms with Gasteiger partial charge in [-0.1, -0.05) is 18.2 Å². The molecule has 0 spiro atoms. The molecule has 5 heteroatoms. The van der Waals surface area contributed by atoms with Gasteiger partial charge in [-0.2, -0.15) is 0 Å². The largest absolute Gasteiger partial charge is 0.343 e. The lowest BCUT2D eigenvalue weighted by Crippen LogP contribution is -2.54. The third-order valence-electron chi connectivity index (χ3n) is 3.76. The summed E-state index contributed by atoms with van der Waals surface area (Å²) >= 11 is 0. The van der Waals surface area contributed by atoms with Crippen LogP contribution < -0.4 is 10.6 Å². The summed E-state index contributed by atoms with van der Waals surface area (Å²) in [5, 5.41) is 6.04. The minimum Gasteiger partial charge on any atom is -0.343 e. The quantitative estimate of drug-likeness (QED) is 0.873. The van der Waals surface area contributed by atoms with Crippen molar-refractivity contribution in [2.45, 2.75) is 25.8 Å². The maximum atomic E-state index is 12.4. The van der Waals surface area contributed by atoms with Crippen LogP contribution in [0.2, 0.25) is 0 Å². The molecule has 0 radical (unpaired) electrons. The van der Waals surface area contributed by atoms with Crippen LogP contribution in [0.1, 0.15) is 30.6 Å². The molecule has 5 nitrogen and oxygen atoms in total. The molecule has 0 atom stereocenters. The Balaban J connectivity index is 1.93. The first-order chi connectivity index (χ1) is 10.0. The van der Waals surface area contributed by atoms with Crippen LogP contribution in [-0.4, -0.2) is 48.4 Å². The van der Waals surface area contributed by atoms with Crippen LogP contribution in [0, 0.1) is 0 Å². The molecule has 1 aliphatic heterocycles. The Kier molecular flexibility index (Phi) is 4.96. The van der Waals surface area contributed by atoms with Gasteiger partial charge in [0.1, 0.15) is 0 Å². The van der Waals surface area contributed by atoms with Gasteiger partial charge in [0.05, 0.1) is 6.54 Å². The van der Waals surface area contributed by atoms with Gasteiger partial charge in [0.2, 0.25) is 5.91 Å². The molecule has 0 aliphatic carbocycles. The molecule has 1 saturated heterocycles. The Morgan fingerprint density at radius 1 is 1.29 bits per heavy atom. The Labute approximate surface area is 125 Å². The third kappa shape index (κ3) is 4.04. The second-order valence-electron chi connectivity index (χ2n) is 5.94. The first-order valence-electron chi connectivity index (χ1n) is 7.35. The highest BCUT2D eigenvalue weighted by Gasteiger charge is 2.31. The Bertz CT molecular complexity index is 500. The molecule has 1 heterocycles. The van der Waals surface area contributed by atoms with Crippen LogP contribution in [0.15, 0.2) is 30.3 Å². The molecule has 2 amide bonds. The predicted octanol–water partition coefficient (Wildman–Crippen LogP) is 1.02. The summed E-state index contributed by atoms with van der Waals surface area (Å²) in [6, 6.07) is 8.94. The lowest BCUT2D eigenvalue weighted by Gasteiger charge is -2.37. The van der Waals surface area contributed by atoms with E-state index in [9.17, 15) is 9.59 Å². The van der Waals surface area contributed by atoms with E-state index in [1.807, 2.05) is 24.8 Å². The van der Waals surface area contributed by atoms with Gasteiger partial charge >= 0.3 is 0 Å². The number of nitrogens with zero attached hydrogens (tertiary/aromatic N) is 1. The molecule has 1 aromatic rings. The number of carbonyl (C=O) groups is 2. The third-order valence-corrected chi connectivity index (χ3v) is 3.76. The summed E-state index contributed by atoms with van der Waals surface area (Å²) in [4.78, 5) is 26.2. The van der Waals surface area contributed by atoms with Gasteiger partial charge in [0.15, 0.2) is 0 Å². The lowest BCUT2D eigenvalue weighted by atomic mass is 10.0. The van der Waals surface area contributed by atoms with E-state index in [0.29, 0.717) is 5.56 Å². The number of rotatable bonds is 3. The molecule has 1 aliphatic rings. The van der Waals surface area contributed by atoms with Gasteiger partial charge in [0, 0.05) is 24.2 Å². The predicted molar refractivity (Wildman–Crippen MR) is 82.1 cm³/mol. The molecular weight excluding hydrogens is 266 g/mol. The van der Waals surface area contributed by atoms with Crippen LogP contribution in [0.5, 0.6) is 0 Å². The average molecular weight is 289 g/mol. The molecule has 114 valence electrons. The fourth-order valence-electron chi connectivity index (χ4n) is 2.56. The maximum absolute atomic E-state index is 12.4. The minimum atomic E-state index is -0.231. The van der Waals surface area contributed by atoms with Crippen molar-refractivity contribution in [3.8, 4) is 0 Å². The van der Waals surface area contributed by atoms with Gasteiger partial charge in [-0.25, -0.2) is 0 Å². The normalized spacial score (nSPS) is 17.9. The van der Waals surface area contributed by atoms with Gasteiger partial charge in [-0.15, -0.1) is 0 Å². The van der Waals surface area contributed by atoms with Crippen molar-refractivity contribution >= 4 is 11.8 Å². The molecule has 0 unspecified atom stereocenters. The van der Waals surface area contributed by atoms with Crippen molar-refractivity contribution in [1.82, 2.24) is 15.5 Å². The monoisotopic (exact) mass is 289 g/mol. The van der Waals surface area contributed by atoms with Crippen molar-refractivity contribution in [1.29, 1.82) is 0 Å². The highest BCUT2D eigenvalue weighted by Crippen LogP contribution is 2.16. The first kappa shape index (κ1) is 15.5. The van der Waals surface area contributed by atoms with Gasteiger partial charge < -0.3 is 15.5 Å². The van der Waals surface area contributed by atoms with Crippen molar-refractivity contribution in [3.63, 3.8) is 0 Å². The molecule has 1 aromatic carbocycles. The standard InChI is InChI=1S/C16H23N3O2/c1-16(2)12-17-9-6-10-19(16)14(20)11-18-15(21)13-7-4-3-5-8-13/h3-5,7-8,17H,6,9-12H2,1-2H3,(H,18,21). The summed E-state index contributed by atoms with van der Waals surface area (Å²) in [5.74, 6) is -0.248. The Morgan fingerprint density at radius 3 is 2.71 bits per heavy atom. The molecule has 1 fully saturated rings. The first-order valence-corrected chi connectivity index (χ1v) is 7.35. The molecule has 2 N–H and O–H groups in total. The zero-order valence-electron chi connectivity index (χ0n) is 12.7. The van der Waals surface area contributed by atoms with E-state index in [2.05, 4.69) is 10.6 Å². The van der Waals surface area contributed by atoms with E-state index < -0.39 is 0 Å². The van der Waals surface area contributed by atoms with E-state index in [1.54, 1.807) is 24.3 Å². The van der Waals surface area contributed by atoms with Crippen molar-refractivity contribution in [2.75, 3.05) is 26.2 Å². The summed E-state index contributed by atoms with van der Waals surface area (Å²) in [5.41, 5.74) is 0.340. The minimum absolute atomic E-state index is 0.0343. The second kappa shape index (κ2) is 6.72. The van der Waals surface area contributed by atoms with E-state index >= 15 is 0 Å². The van der Waals surface area contributed by atoms with E-state index in [-0.39, 0.29) is 23.9 Å². The molecular formula is C16H23N3O2. The SMILES string of the molecule is CC1(C)CNCCCN1C(=O)CNC(=O)c1ccccc1. The number of hydrogen-bond donors (Lipinski definition) is 2. The number of hydrogen-bond acceptors (Lipinski definition) is 3. The highest BCUT2D eigenvalue weighted by atomic mass is 16.2. The summed E-state index contributed by atoms with van der Waals surface area (Å²) in [6.07, 6.45) is 0.932. The Morgan fingerprint density at radius 2 is 2.00 bits per heavy atom. The van der Waals surface area contributed by atoms with Crippen LogP contribution in [0.3, 0.4) is 0 Å². The lowest BCUT2D eigenvalue weighted by molar-refractivity contribution is -0.134. The van der Waals surface area contributed by atoms with Crippen molar-refractivity contribution in [2.24, 2.45) is 0 Å². The Hall–Kier alpha value is -1.88.